The van der Waals surface area contributed by atoms with E-state index < -0.39 is 0 Å². The van der Waals surface area contributed by atoms with Crippen molar-refractivity contribution in [2.45, 2.75) is 0 Å². The number of nitrogens with one attached hydrogen (secondary N) is 1. The minimum absolute atomic E-state index is 0.213. The van der Waals surface area contributed by atoms with Gasteiger partial charge >= 0.3 is 0 Å². The number of nitrogens with zero attached hydrogens (tertiary/aromatic N) is 4. The van der Waals surface area contributed by atoms with Crippen LogP contribution in [0.25, 0.3) is 5.69 Å². The Kier molecular flexibility index (Phi) is 3.04. The number of amides is 1. The fourth-order valence-electron chi connectivity index (χ4n) is 1.94. The Morgan fingerprint density at radius 2 is 2.00 bits per heavy atom. The Bertz CT molecular complexity index is 730. The van der Waals surface area contributed by atoms with Crippen molar-refractivity contribution in [1.29, 1.82) is 0 Å². The van der Waals surface area contributed by atoms with Crippen LogP contribution < -0.4 is 5.32 Å². The summed E-state index contributed by atoms with van der Waals surface area (Å²) >= 11 is 0. The minimum atomic E-state index is -0.213. The van der Waals surface area contributed by atoms with Crippen molar-refractivity contribution >= 4 is 11.7 Å². The summed E-state index contributed by atoms with van der Waals surface area (Å²) in [6.07, 6.45) is 5.25. The maximum absolute atomic E-state index is 12.3. The molecule has 0 fully saturated rings. The first-order valence-corrected chi connectivity index (χ1v) is 6.14. The molecule has 0 aliphatic heterocycles. The molecule has 6 heteroatoms. The molecule has 3 rings (SSSR count). The summed E-state index contributed by atoms with van der Waals surface area (Å²) in [5.41, 5.74) is 1.27. The third-order valence-corrected chi connectivity index (χ3v) is 2.86. The topological polar surface area (TPSA) is 64.7 Å². The highest BCUT2D eigenvalue weighted by atomic mass is 16.1. The van der Waals surface area contributed by atoms with E-state index >= 15 is 0 Å². The van der Waals surface area contributed by atoms with Gasteiger partial charge in [0.15, 0.2) is 5.82 Å². The van der Waals surface area contributed by atoms with Crippen LogP contribution in [0.4, 0.5) is 5.82 Å². The summed E-state index contributed by atoms with van der Waals surface area (Å²) in [6, 6.07) is 10.9. The SMILES string of the molecule is Cn1ccc(NC(=O)c2ccccc2-n2cccn2)n1. The van der Waals surface area contributed by atoms with E-state index in [0.717, 1.165) is 5.69 Å². The van der Waals surface area contributed by atoms with E-state index in [-0.39, 0.29) is 5.91 Å². The maximum atomic E-state index is 12.3. The molecule has 0 radical (unpaired) electrons. The zero-order chi connectivity index (χ0) is 13.9. The van der Waals surface area contributed by atoms with E-state index in [1.807, 2.05) is 24.3 Å². The molecule has 2 heterocycles. The minimum Gasteiger partial charge on any atom is -0.305 e. The van der Waals surface area contributed by atoms with Crippen LogP contribution in [-0.4, -0.2) is 25.5 Å². The number of aryl methyl sites for hydroxylation is 1. The third kappa shape index (κ3) is 2.31. The molecule has 2 aromatic heterocycles. The molecule has 0 spiro atoms. The van der Waals surface area contributed by atoms with E-state index in [2.05, 4.69) is 15.5 Å². The first-order chi connectivity index (χ1) is 9.74. The molecule has 1 aromatic carbocycles. The smallest absolute Gasteiger partial charge is 0.259 e. The molecule has 0 aliphatic rings. The van der Waals surface area contributed by atoms with Gasteiger partial charge in [0.25, 0.3) is 5.91 Å². The summed E-state index contributed by atoms with van der Waals surface area (Å²) in [5, 5.41) is 11.1. The van der Waals surface area contributed by atoms with Gasteiger partial charge in [-0.25, -0.2) is 4.68 Å². The van der Waals surface area contributed by atoms with Gasteiger partial charge in [0.05, 0.1) is 11.3 Å². The number of hydrogen-bond donors (Lipinski definition) is 1. The average molecular weight is 267 g/mol. The van der Waals surface area contributed by atoms with Gasteiger partial charge in [-0.3, -0.25) is 9.48 Å². The van der Waals surface area contributed by atoms with Crippen molar-refractivity contribution in [1.82, 2.24) is 19.6 Å². The normalized spacial score (nSPS) is 10.4. The lowest BCUT2D eigenvalue weighted by molar-refractivity contribution is 0.102. The van der Waals surface area contributed by atoms with Crippen LogP contribution in [0.3, 0.4) is 0 Å². The Morgan fingerprint density at radius 1 is 1.15 bits per heavy atom. The fraction of sp³-hybridized carbons (Fsp3) is 0.0714. The summed E-state index contributed by atoms with van der Waals surface area (Å²) in [7, 11) is 1.80. The molecule has 0 saturated carbocycles. The molecule has 0 atom stereocenters. The lowest BCUT2D eigenvalue weighted by Gasteiger charge is -2.08. The van der Waals surface area contributed by atoms with Crippen LogP contribution in [0.15, 0.2) is 55.0 Å². The Labute approximate surface area is 115 Å². The summed E-state index contributed by atoms with van der Waals surface area (Å²) in [5.74, 6) is 0.308. The Hall–Kier alpha value is -2.89. The summed E-state index contributed by atoms with van der Waals surface area (Å²) in [4.78, 5) is 12.3. The lowest BCUT2D eigenvalue weighted by Crippen LogP contribution is -2.15. The Balaban J connectivity index is 1.92. The van der Waals surface area contributed by atoms with Gasteiger partial charge in [0, 0.05) is 31.7 Å². The van der Waals surface area contributed by atoms with Crippen molar-refractivity contribution in [2.75, 3.05) is 5.32 Å². The number of anilines is 1. The molecule has 0 unspecified atom stereocenters. The van der Waals surface area contributed by atoms with Crippen LogP contribution in [0.5, 0.6) is 0 Å². The molecule has 100 valence electrons. The molecule has 1 N–H and O–H groups in total. The molecule has 6 nitrogen and oxygen atoms in total. The van der Waals surface area contributed by atoms with Crippen molar-refractivity contribution in [3.63, 3.8) is 0 Å². The van der Waals surface area contributed by atoms with Gasteiger partial charge in [0.1, 0.15) is 0 Å². The second-order valence-electron chi connectivity index (χ2n) is 4.30. The average Bonchev–Trinajstić information content (AvgIpc) is 3.10. The maximum Gasteiger partial charge on any atom is 0.259 e. The highest BCUT2D eigenvalue weighted by Crippen LogP contribution is 2.15. The van der Waals surface area contributed by atoms with E-state index in [4.69, 9.17) is 0 Å². The van der Waals surface area contributed by atoms with Crippen molar-refractivity contribution in [3.8, 4) is 5.69 Å². The van der Waals surface area contributed by atoms with E-state index in [1.165, 1.54) is 0 Å². The number of para-hydroxylation sites is 1. The second kappa shape index (κ2) is 5.00. The van der Waals surface area contributed by atoms with Crippen LogP contribution in [0.2, 0.25) is 0 Å². The summed E-state index contributed by atoms with van der Waals surface area (Å²) < 4.78 is 3.29. The van der Waals surface area contributed by atoms with E-state index in [9.17, 15) is 4.79 Å². The molecule has 0 saturated heterocycles. The molecule has 0 aliphatic carbocycles. The monoisotopic (exact) mass is 267 g/mol. The largest absolute Gasteiger partial charge is 0.305 e. The van der Waals surface area contributed by atoms with Crippen LogP contribution in [0.1, 0.15) is 10.4 Å². The highest BCUT2D eigenvalue weighted by Gasteiger charge is 2.13. The standard InChI is InChI=1S/C14H13N5O/c1-18-10-7-13(17-18)16-14(20)11-5-2-3-6-12(11)19-9-4-8-15-19/h2-10H,1H3,(H,16,17,20). The highest BCUT2D eigenvalue weighted by molar-refractivity contribution is 6.06. The number of rotatable bonds is 3. The molecule has 3 aromatic rings. The predicted octanol–water partition coefficient (Wildman–Crippen LogP) is 1.86. The number of carbonyl (C=O) groups is 1. The molecule has 1 amide bonds. The number of hydrogen-bond acceptors (Lipinski definition) is 3. The summed E-state index contributed by atoms with van der Waals surface area (Å²) in [6.45, 7) is 0. The molecule has 0 bridgehead atoms. The third-order valence-electron chi connectivity index (χ3n) is 2.86. The van der Waals surface area contributed by atoms with Crippen molar-refractivity contribution in [2.24, 2.45) is 7.05 Å². The van der Waals surface area contributed by atoms with E-state index in [1.54, 1.807) is 47.1 Å². The van der Waals surface area contributed by atoms with Gasteiger partial charge in [-0.15, -0.1) is 0 Å². The second-order valence-corrected chi connectivity index (χ2v) is 4.30. The molecule has 20 heavy (non-hydrogen) atoms. The van der Waals surface area contributed by atoms with Crippen molar-refractivity contribution in [3.05, 3.63) is 60.6 Å². The van der Waals surface area contributed by atoms with Gasteiger partial charge in [-0.2, -0.15) is 10.2 Å². The van der Waals surface area contributed by atoms with Gasteiger partial charge in [-0.1, -0.05) is 12.1 Å². The van der Waals surface area contributed by atoms with Crippen LogP contribution in [-0.2, 0) is 7.05 Å². The zero-order valence-electron chi connectivity index (χ0n) is 10.9. The lowest BCUT2D eigenvalue weighted by atomic mass is 10.1. The fourth-order valence-corrected chi connectivity index (χ4v) is 1.94. The van der Waals surface area contributed by atoms with Gasteiger partial charge in [0.2, 0.25) is 0 Å². The quantitative estimate of drug-likeness (QED) is 0.787. The van der Waals surface area contributed by atoms with E-state index in [0.29, 0.717) is 11.4 Å². The Morgan fingerprint density at radius 3 is 2.70 bits per heavy atom. The van der Waals surface area contributed by atoms with Crippen LogP contribution in [0, 0.1) is 0 Å². The van der Waals surface area contributed by atoms with Crippen molar-refractivity contribution < 1.29 is 4.79 Å². The molecular formula is C14H13N5O. The number of carbonyl (C=O) groups excluding carboxylic acids is 1. The predicted molar refractivity (Wildman–Crippen MR) is 74.7 cm³/mol. The van der Waals surface area contributed by atoms with Gasteiger partial charge < -0.3 is 5.32 Å². The van der Waals surface area contributed by atoms with Crippen LogP contribution >= 0.6 is 0 Å². The number of aromatic nitrogens is 4. The molecular weight excluding hydrogens is 254 g/mol. The number of benzene rings is 1. The first kappa shape index (κ1) is 12.2. The van der Waals surface area contributed by atoms with Gasteiger partial charge in [-0.05, 0) is 18.2 Å². The zero-order valence-corrected chi connectivity index (χ0v) is 10.9. The first-order valence-electron chi connectivity index (χ1n) is 6.14.